The highest BCUT2D eigenvalue weighted by Crippen LogP contribution is 2.16. The lowest BCUT2D eigenvalue weighted by atomic mass is 10.1. The molecule has 0 radical (unpaired) electrons. The summed E-state index contributed by atoms with van der Waals surface area (Å²) >= 11 is 0. The van der Waals surface area contributed by atoms with Crippen LogP contribution in [-0.4, -0.2) is 30.4 Å². The van der Waals surface area contributed by atoms with Crippen molar-refractivity contribution < 1.29 is 19.4 Å². The summed E-state index contributed by atoms with van der Waals surface area (Å²) in [6.45, 7) is 1.35. The van der Waals surface area contributed by atoms with Crippen molar-refractivity contribution in [1.29, 1.82) is 0 Å². The molecule has 0 aromatic heterocycles. The molecule has 1 heterocycles. The van der Waals surface area contributed by atoms with Gasteiger partial charge in [-0.05, 0) is 43.5 Å². The summed E-state index contributed by atoms with van der Waals surface area (Å²) in [6.07, 6.45) is 3.52. The van der Waals surface area contributed by atoms with Gasteiger partial charge in [0.05, 0.1) is 11.7 Å². The van der Waals surface area contributed by atoms with Gasteiger partial charge in [0.15, 0.2) is 0 Å². The van der Waals surface area contributed by atoms with Crippen molar-refractivity contribution >= 4 is 5.97 Å². The van der Waals surface area contributed by atoms with Crippen molar-refractivity contribution in [2.75, 3.05) is 13.2 Å². The zero-order chi connectivity index (χ0) is 12.1. The van der Waals surface area contributed by atoms with Crippen LogP contribution >= 0.6 is 0 Å². The van der Waals surface area contributed by atoms with Crippen LogP contribution < -0.4 is 4.74 Å². The highest BCUT2D eigenvalue weighted by Gasteiger charge is 2.14. The molecule has 1 atom stereocenters. The summed E-state index contributed by atoms with van der Waals surface area (Å²) in [6, 6.07) is 6.43. The number of benzene rings is 1. The van der Waals surface area contributed by atoms with E-state index in [1.54, 1.807) is 24.3 Å². The van der Waals surface area contributed by atoms with Crippen molar-refractivity contribution in [3.63, 3.8) is 0 Å². The minimum Gasteiger partial charge on any atom is -0.491 e. The monoisotopic (exact) mass is 236 g/mol. The predicted octanol–water partition coefficient (Wildman–Crippen LogP) is 2.33. The number of aromatic carboxylic acids is 1. The third-order valence-corrected chi connectivity index (χ3v) is 2.81. The Morgan fingerprint density at radius 3 is 2.71 bits per heavy atom. The molecule has 0 amide bonds. The van der Waals surface area contributed by atoms with Crippen molar-refractivity contribution in [1.82, 2.24) is 0 Å². The maximum atomic E-state index is 10.7. The van der Waals surface area contributed by atoms with Crippen LogP contribution in [0.3, 0.4) is 0 Å². The molecule has 1 saturated heterocycles. The molecular weight excluding hydrogens is 220 g/mol. The van der Waals surface area contributed by atoms with Gasteiger partial charge in [-0.2, -0.15) is 0 Å². The Hall–Kier alpha value is -1.55. The third-order valence-electron chi connectivity index (χ3n) is 2.81. The van der Waals surface area contributed by atoms with E-state index in [0.29, 0.717) is 12.4 Å². The summed E-state index contributed by atoms with van der Waals surface area (Å²) in [5.41, 5.74) is 0.270. The second-order valence-corrected chi connectivity index (χ2v) is 4.13. The Balaban J connectivity index is 1.84. The Morgan fingerprint density at radius 2 is 2.12 bits per heavy atom. The van der Waals surface area contributed by atoms with Crippen molar-refractivity contribution in [2.24, 2.45) is 0 Å². The lowest BCUT2D eigenvalue weighted by Crippen LogP contribution is -2.25. The van der Waals surface area contributed by atoms with Gasteiger partial charge < -0.3 is 14.6 Å². The molecule has 92 valence electrons. The Kier molecular flexibility index (Phi) is 3.98. The molecule has 2 rings (SSSR count). The van der Waals surface area contributed by atoms with E-state index >= 15 is 0 Å². The van der Waals surface area contributed by atoms with Crippen LogP contribution in [0.1, 0.15) is 29.6 Å². The molecule has 1 aromatic rings. The van der Waals surface area contributed by atoms with Crippen molar-refractivity contribution in [3.05, 3.63) is 29.8 Å². The summed E-state index contributed by atoms with van der Waals surface area (Å²) in [7, 11) is 0. The zero-order valence-electron chi connectivity index (χ0n) is 9.59. The number of carboxylic acid groups (broad SMARTS) is 1. The van der Waals surface area contributed by atoms with Gasteiger partial charge in [0.25, 0.3) is 0 Å². The third kappa shape index (κ3) is 3.46. The van der Waals surface area contributed by atoms with E-state index in [-0.39, 0.29) is 11.7 Å². The number of hydrogen-bond acceptors (Lipinski definition) is 3. The van der Waals surface area contributed by atoms with Gasteiger partial charge in [0.1, 0.15) is 12.4 Å². The number of carbonyl (C=O) groups is 1. The van der Waals surface area contributed by atoms with Crippen LogP contribution in [0.25, 0.3) is 0 Å². The molecule has 4 nitrogen and oxygen atoms in total. The minimum atomic E-state index is -0.924. The van der Waals surface area contributed by atoms with E-state index in [2.05, 4.69) is 0 Å². The number of carboxylic acids is 1. The number of ether oxygens (including phenoxy) is 2. The normalized spacial score (nSPS) is 19.9. The van der Waals surface area contributed by atoms with Crippen molar-refractivity contribution in [2.45, 2.75) is 25.4 Å². The van der Waals surface area contributed by atoms with Gasteiger partial charge >= 0.3 is 5.97 Å². The molecule has 1 aliphatic rings. The molecule has 1 N–H and O–H groups in total. The Bertz CT molecular complexity index is 366. The van der Waals surface area contributed by atoms with Gasteiger partial charge in [-0.25, -0.2) is 4.79 Å². The predicted molar refractivity (Wildman–Crippen MR) is 62.5 cm³/mol. The average Bonchev–Trinajstić information content (AvgIpc) is 2.38. The first-order valence-corrected chi connectivity index (χ1v) is 5.83. The molecule has 0 spiro atoms. The van der Waals surface area contributed by atoms with Crippen LogP contribution in [0, 0.1) is 0 Å². The summed E-state index contributed by atoms with van der Waals surface area (Å²) < 4.78 is 11.1. The fourth-order valence-corrected chi connectivity index (χ4v) is 1.82. The van der Waals surface area contributed by atoms with Crippen LogP contribution in [0.2, 0.25) is 0 Å². The Labute approximate surface area is 100 Å². The van der Waals surface area contributed by atoms with Crippen LogP contribution in [0.4, 0.5) is 0 Å². The molecular formula is C13H16O4. The summed E-state index contributed by atoms with van der Waals surface area (Å²) in [4.78, 5) is 10.7. The topological polar surface area (TPSA) is 55.8 Å². The second kappa shape index (κ2) is 5.68. The van der Waals surface area contributed by atoms with Gasteiger partial charge in [0.2, 0.25) is 0 Å². The van der Waals surface area contributed by atoms with E-state index in [0.717, 1.165) is 19.4 Å². The molecule has 0 aliphatic carbocycles. The van der Waals surface area contributed by atoms with Crippen molar-refractivity contribution in [3.8, 4) is 5.75 Å². The maximum Gasteiger partial charge on any atom is 0.335 e. The first-order valence-electron chi connectivity index (χ1n) is 5.83. The molecule has 4 heteroatoms. The summed E-state index contributed by atoms with van der Waals surface area (Å²) in [5, 5.41) is 8.75. The lowest BCUT2D eigenvalue weighted by molar-refractivity contribution is -0.0110. The van der Waals surface area contributed by atoms with Crippen LogP contribution in [0.5, 0.6) is 5.75 Å². The van der Waals surface area contributed by atoms with Crippen LogP contribution in [0.15, 0.2) is 24.3 Å². The fraction of sp³-hybridized carbons (Fsp3) is 0.462. The van der Waals surface area contributed by atoms with E-state index in [9.17, 15) is 4.79 Å². The fourth-order valence-electron chi connectivity index (χ4n) is 1.82. The van der Waals surface area contributed by atoms with Gasteiger partial charge in [-0.3, -0.25) is 0 Å². The standard InChI is InChI=1S/C13H16O4/c14-13(15)10-4-6-11(7-5-10)17-9-12-3-1-2-8-16-12/h4-7,12H,1-3,8-9H2,(H,14,15). The molecule has 17 heavy (non-hydrogen) atoms. The van der Waals surface area contributed by atoms with E-state index in [4.69, 9.17) is 14.6 Å². The summed E-state index contributed by atoms with van der Waals surface area (Å²) in [5.74, 6) is -0.240. The van der Waals surface area contributed by atoms with E-state index in [1.807, 2.05) is 0 Å². The van der Waals surface area contributed by atoms with Gasteiger partial charge in [-0.1, -0.05) is 0 Å². The quantitative estimate of drug-likeness (QED) is 0.871. The van der Waals surface area contributed by atoms with Gasteiger partial charge in [0, 0.05) is 6.61 Å². The lowest BCUT2D eigenvalue weighted by Gasteiger charge is -2.22. The van der Waals surface area contributed by atoms with E-state index < -0.39 is 5.97 Å². The number of hydrogen-bond donors (Lipinski definition) is 1. The largest absolute Gasteiger partial charge is 0.491 e. The molecule has 1 aromatic carbocycles. The van der Waals surface area contributed by atoms with Crippen LogP contribution in [-0.2, 0) is 4.74 Å². The maximum absolute atomic E-state index is 10.7. The Morgan fingerprint density at radius 1 is 1.35 bits per heavy atom. The minimum absolute atomic E-state index is 0.169. The first kappa shape index (κ1) is 11.9. The zero-order valence-corrected chi connectivity index (χ0v) is 9.59. The smallest absolute Gasteiger partial charge is 0.335 e. The van der Waals surface area contributed by atoms with E-state index in [1.165, 1.54) is 6.42 Å². The highest BCUT2D eigenvalue weighted by atomic mass is 16.5. The molecule has 0 saturated carbocycles. The SMILES string of the molecule is O=C(O)c1ccc(OCC2CCCCO2)cc1. The highest BCUT2D eigenvalue weighted by molar-refractivity contribution is 5.87. The number of rotatable bonds is 4. The molecule has 1 aliphatic heterocycles. The molecule has 1 unspecified atom stereocenters. The second-order valence-electron chi connectivity index (χ2n) is 4.13. The molecule has 0 bridgehead atoms. The average molecular weight is 236 g/mol. The van der Waals surface area contributed by atoms with Gasteiger partial charge in [-0.15, -0.1) is 0 Å². The molecule has 1 fully saturated rings. The first-order chi connectivity index (χ1) is 8.25.